The summed E-state index contributed by atoms with van der Waals surface area (Å²) in [7, 11) is 0. The number of halogens is 1. The van der Waals surface area contributed by atoms with Crippen LogP contribution >= 0.6 is 0 Å². The lowest BCUT2D eigenvalue weighted by Gasteiger charge is -2.07. The molecule has 0 bridgehead atoms. The van der Waals surface area contributed by atoms with Gasteiger partial charge < -0.3 is 5.73 Å². The van der Waals surface area contributed by atoms with Crippen LogP contribution < -0.4 is 5.73 Å². The summed E-state index contributed by atoms with van der Waals surface area (Å²) < 4.78 is 13.2. The first-order valence-corrected chi connectivity index (χ1v) is 5.97. The van der Waals surface area contributed by atoms with Crippen molar-refractivity contribution in [3.8, 4) is 11.4 Å². The number of nitrogens with two attached hydrogens (primary N) is 1. The lowest BCUT2D eigenvalue weighted by Crippen LogP contribution is -2.05. The molecule has 1 aromatic carbocycles. The fraction of sp³-hybridized carbons (Fsp3) is 0.286. The van der Waals surface area contributed by atoms with Crippen LogP contribution in [0.25, 0.3) is 11.4 Å². The lowest BCUT2D eigenvalue weighted by atomic mass is 10.1. The molecule has 2 rings (SSSR count). The number of benzene rings is 1. The van der Waals surface area contributed by atoms with Crippen molar-refractivity contribution in [2.45, 2.75) is 26.8 Å². The summed E-state index contributed by atoms with van der Waals surface area (Å²) in [4.78, 5) is 8.78. The predicted octanol–water partition coefficient (Wildman–Crippen LogP) is 2.61. The molecule has 2 N–H and O–H groups in total. The molecular weight excluding hydrogens is 229 g/mol. The minimum atomic E-state index is -0.215. The molecule has 0 aliphatic carbocycles. The molecule has 0 atom stereocenters. The Hall–Kier alpha value is -1.81. The first-order valence-electron chi connectivity index (χ1n) is 5.97. The summed E-state index contributed by atoms with van der Waals surface area (Å²) in [6, 6.07) is 4.89. The smallest absolute Gasteiger partial charge is 0.159 e. The number of aromatic nitrogens is 2. The van der Waals surface area contributed by atoms with E-state index in [1.165, 1.54) is 6.07 Å². The van der Waals surface area contributed by atoms with Crippen LogP contribution in [0.1, 0.15) is 23.7 Å². The minimum absolute atomic E-state index is 0.215. The van der Waals surface area contributed by atoms with E-state index in [4.69, 9.17) is 5.73 Å². The van der Waals surface area contributed by atoms with E-state index in [0.29, 0.717) is 17.9 Å². The van der Waals surface area contributed by atoms with Gasteiger partial charge in [0.15, 0.2) is 5.82 Å². The fourth-order valence-corrected chi connectivity index (χ4v) is 1.84. The molecule has 0 spiro atoms. The van der Waals surface area contributed by atoms with Crippen LogP contribution in [0.4, 0.5) is 4.39 Å². The van der Waals surface area contributed by atoms with Gasteiger partial charge in [-0.25, -0.2) is 14.4 Å². The molecule has 0 aliphatic rings. The maximum absolute atomic E-state index is 13.2. The SMILES string of the molecule is CCc1nc(-c2ccc(F)c(C)c2)ncc1CN. The molecule has 0 fully saturated rings. The second-order valence-electron chi connectivity index (χ2n) is 4.19. The van der Waals surface area contributed by atoms with Crippen molar-refractivity contribution in [1.82, 2.24) is 9.97 Å². The van der Waals surface area contributed by atoms with Gasteiger partial charge in [-0.2, -0.15) is 0 Å². The van der Waals surface area contributed by atoms with Crippen molar-refractivity contribution in [2.75, 3.05) is 0 Å². The van der Waals surface area contributed by atoms with Crippen LogP contribution in [0.3, 0.4) is 0 Å². The van der Waals surface area contributed by atoms with Crippen molar-refractivity contribution in [2.24, 2.45) is 5.73 Å². The number of rotatable bonds is 3. The topological polar surface area (TPSA) is 51.8 Å². The quantitative estimate of drug-likeness (QED) is 0.904. The standard InChI is InChI=1S/C14H16FN3/c1-3-13-11(7-16)8-17-14(18-13)10-4-5-12(15)9(2)6-10/h4-6,8H,3,7,16H2,1-2H3. The first kappa shape index (κ1) is 12.6. The van der Waals surface area contributed by atoms with Crippen molar-refractivity contribution in [3.05, 3.63) is 47.0 Å². The van der Waals surface area contributed by atoms with E-state index in [0.717, 1.165) is 23.2 Å². The summed E-state index contributed by atoms with van der Waals surface area (Å²) >= 11 is 0. The zero-order chi connectivity index (χ0) is 13.1. The van der Waals surface area contributed by atoms with E-state index >= 15 is 0 Å². The van der Waals surface area contributed by atoms with Gasteiger partial charge in [0.1, 0.15) is 5.82 Å². The van der Waals surface area contributed by atoms with Crippen LogP contribution in [-0.2, 0) is 13.0 Å². The van der Waals surface area contributed by atoms with E-state index in [9.17, 15) is 4.39 Å². The lowest BCUT2D eigenvalue weighted by molar-refractivity contribution is 0.618. The minimum Gasteiger partial charge on any atom is -0.326 e. The number of hydrogen-bond donors (Lipinski definition) is 1. The summed E-state index contributed by atoms with van der Waals surface area (Å²) in [5.74, 6) is 0.403. The average Bonchev–Trinajstić information content (AvgIpc) is 2.41. The molecule has 18 heavy (non-hydrogen) atoms. The van der Waals surface area contributed by atoms with Crippen LogP contribution in [-0.4, -0.2) is 9.97 Å². The molecule has 0 saturated carbocycles. The zero-order valence-electron chi connectivity index (χ0n) is 10.6. The van der Waals surface area contributed by atoms with Crippen molar-refractivity contribution < 1.29 is 4.39 Å². The highest BCUT2D eigenvalue weighted by molar-refractivity contribution is 5.56. The molecule has 0 aliphatic heterocycles. The van der Waals surface area contributed by atoms with E-state index in [-0.39, 0.29) is 5.82 Å². The Kier molecular flexibility index (Phi) is 3.67. The van der Waals surface area contributed by atoms with Gasteiger partial charge >= 0.3 is 0 Å². The first-order chi connectivity index (χ1) is 8.65. The molecule has 0 saturated heterocycles. The molecule has 3 nitrogen and oxygen atoms in total. The van der Waals surface area contributed by atoms with Gasteiger partial charge in [-0.05, 0) is 37.1 Å². The average molecular weight is 245 g/mol. The maximum atomic E-state index is 13.2. The van der Waals surface area contributed by atoms with Crippen LogP contribution in [0.2, 0.25) is 0 Å². The Morgan fingerprint density at radius 1 is 1.33 bits per heavy atom. The predicted molar refractivity (Wildman–Crippen MR) is 69.4 cm³/mol. The highest BCUT2D eigenvalue weighted by Crippen LogP contribution is 2.19. The van der Waals surface area contributed by atoms with Gasteiger partial charge in [0.2, 0.25) is 0 Å². The Labute approximate surface area is 106 Å². The molecule has 4 heteroatoms. The van der Waals surface area contributed by atoms with Gasteiger partial charge in [0.05, 0.1) is 0 Å². The summed E-state index contributed by atoms with van der Waals surface area (Å²) in [5, 5.41) is 0. The highest BCUT2D eigenvalue weighted by Gasteiger charge is 2.08. The highest BCUT2D eigenvalue weighted by atomic mass is 19.1. The van der Waals surface area contributed by atoms with Crippen molar-refractivity contribution in [3.63, 3.8) is 0 Å². The Bertz CT molecular complexity index is 567. The number of aryl methyl sites for hydroxylation is 2. The summed E-state index contributed by atoms with van der Waals surface area (Å²) in [6.45, 7) is 4.20. The molecule has 0 radical (unpaired) electrons. The maximum Gasteiger partial charge on any atom is 0.159 e. The Balaban J connectivity index is 2.47. The molecule has 0 unspecified atom stereocenters. The van der Waals surface area contributed by atoms with Gasteiger partial charge in [-0.3, -0.25) is 0 Å². The molecule has 1 aromatic heterocycles. The van der Waals surface area contributed by atoms with Gasteiger partial charge in [0.25, 0.3) is 0 Å². The van der Waals surface area contributed by atoms with Gasteiger partial charge in [-0.15, -0.1) is 0 Å². The van der Waals surface area contributed by atoms with Gasteiger partial charge in [-0.1, -0.05) is 6.92 Å². The zero-order valence-corrected chi connectivity index (χ0v) is 10.6. The molecule has 1 heterocycles. The third-order valence-electron chi connectivity index (χ3n) is 2.93. The number of nitrogens with zero attached hydrogens (tertiary/aromatic N) is 2. The summed E-state index contributed by atoms with van der Waals surface area (Å²) in [6.07, 6.45) is 2.56. The fourth-order valence-electron chi connectivity index (χ4n) is 1.84. The van der Waals surface area contributed by atoms with Crippen LogP contribution in [0, 0.1) is 12.7 Å². The Morgan fingerprint density at radius 2 is 2.11 bits per heavy atom. The molecular formula is C14H16FN3. The normalized spacial score (nSPS) is 10.7. The molecule has 2 aromatic rings. The van der Waals surface area contributed by atoms with Crippen LogP contribution in [0.15, 0.2) is 24.4 Å². The molecule has 94 valence electrons. The third-order valence-corrected chi connectivity index (χ3v) is 2.93. The van der Waals surface area contributed by atoms with E-state index < -0.39 is 0 Å². The monoisotopic (exact) mass is 245 g/mol. The second kappa shape index (κ2) is 5.23. The van der Waals surface area contributed by atoms with Crippen molar-refractivity contribution in [1.29, 1.82) is 0 Å². The molecule has 0 amide bonds. The second-order valence-corrected chi connectivity index (χ2v) is 4.19. The van der Waals surface area contributed by atoms with E-state index in [2.05, 4.69) is 9.97 Å². The van der Waals surface area contributed by atoms with Crippen molar-refractivity contribution >= 4 is 0 Å². The van der Waals surface area contributed by atoms with E-state index in [1.807, 2.05) is 6.92 Å². The Morgan fingerprint density at radius 3 is 2.72 bits per heavy atom. The summed E-state index contributed by atoms with van der Waals surface area (Å²) in [5.41, 5.74) is 8.96. The largest absolute Gasteiger partial charge is 0.326 e. The van der Waals surface area contributed by atoms with E-state index in [1.54, 1.807) is 25.3 Å². The van der Waals surface area contributed by atoms with Gasteiger partial charge in [0, 0.05) is 29.6 Å². The van der Waals surface area contributed by atoms with Crippen LogP contribution in [0.5, 0.6) is 0 Å². The number of hydrogen-bond acceptors (Lipinski definition) is 3. The third kappa shape index (κ3) is 2.38.